The van der Waals surface area contributed by atoms with Crippen LogP contribution in [0.4, 0.5) is 10.5 Å². The fourth-order valence-corrected chi connectivity index (χ4v) is 1.87. The number of carbonyl (C=O) groups excluding carboxylic acids is 1. The quantitative estimate of drug-likeness (QED) is 0.835. The van der Waals surface area contributed by atoms with Gasteiger partial charge in [-0.2, -0.15) is 5.10 Å². The summed E-state index contributed by atoms with van der Waals surface area (Å²) in [4.78, 5) is 15.9. The molecule has 0 saturated carbocycles. The summed E-state index contributed by atoms with van der Waals surface area (Å²) < 4.78 is 0. The molecule has 5 heteroatoms. The van der Waals surface area contributed by atoms with Gasteiger partial charge in [-0.25, -0.2) is 9.80 Å². The number of urea groups is 1. The minimum absolute atomic E-state index is 0.223. The number of nitrogens with one attached hydrogen (secondary N) is 1. The number of benzene rings is 1. The van der Waals surface area contributed by atoms with E-state index in [2.05, 4.69) is 15.4 Å². The van der Waals surface area contributed by atoms with Gasteiger partial charge < -0.3 is 5.32 Å². The topological polar surface area (TPSA) is 57.6 Å². The van der Waals surface area contributed by atoms with Gasteiger partial charge in [-0.1, -0.05) is 24.3 Å². The van der Waals surface area contributed by atoms with E-state index >= 15 is 0 Å². The van der Waals surface area contributed by atoms with Crippen molar-refractivity contribution >= 4 is 17.9 Å². The van der Waals surface area contributed by atoms with Crippen LogP contribution in [0.25, 0.3) is 0 Å². The van der Waals surface area contributed by atoms with Crippen LogP contribution >= 0.6 is 0 Å². The first kappa shape index (κ1) is 11.4. The number of fused-ring (bicyclic) bond motifs is 1. The van der Waals surface area contributed by atoms with E-state index in [1.807, 2.05) is 36.4 Å². The molecular formula is C14H12N4O. The van der Waals surface area contributed by atoms with Crippen molar-refractivity contribution in [2.24, 2.45) is 5.10 Å². The highest BCUT2D eigenvalue weighted by molar-refractivity contribution is 5.93. The van der Waals surface area contributed by atoms with Gasteiger partial charge in [-0.3, -0.25) is 4.98 Å². The summed E-state index contributed by atoms with van der Waals surface area (Å²) in [5.41, 5.74) is 2.75. The van der Waals surface area contributed by atoms with Gasteiger partial charge in [0.25, 0.3) is 0 Å². The number of aromatic nitrogens is 1. The summed E-state index contributed by atoms with van der Waals surface area (Å²) in [5.74, 6) is 0. The van der Waals surface area contributed by atoms with E-state index in [0.717, 1.165) is 16.8 Å². The number of anilines is 1. The minimum Gasteiger partial charge on any atom is -0.306 e. The average molecular weight is 252 g/mol. The van der Waals surface area contributed by atoms with E-state index in [0.29, 0.717) is 6.54 Å². The number of hydrogen-bond donors (Lipinski definition) is 1. The molecule has 1 N–H and O–H groups in total. The fourth-order valence-electron chi connectivity index (χ4n) is 1.87. The van der Waals surface area contributed by atoms with E-state index in [9.17, 15) is 4.79 Å². The summed E-state index contributed by atoms with van der Waals surface area (Å²) in [6.45, 7) is 0.471. The molecule has 1 aliphatic heterocycles. The van der Waals surface area contributed by atoms with Crippen molar-refractivity contribution in [2.45, 2.75) is 6.54 Å². The van der Waals surface area contributed by atoms with Crippen LogP contribution in [0.1, 0.15) is 11.1 Å². The maximum absolute atomic E-state index is 11.9. The fraction of sp³-hybridized carbons (Fsp3) is 0.0714. The number of para-hydroxylation sites is 1. The average Bonchev–Trinajstić information content (AvgIpc) is 2.46. The van der Waals surface area contributed by atoms with Crippen LogP contribution in [0.3, 0.4) is 0 Å². The van der Waals surface area contributed by atoms with Gasteiger partial charge >= 0.3 is 6.03 Å². The molecule has 0 aliphatic carbocycles. The van der Waals surface area contributed by atoms with Crippen LogP contribution in [-0.4, -0.2) is 22.2 Å². The lowest BCUT2D eigenvalue weighted by Gasteiger charge is -2.25. The number of amides is 2. The van der Waals surface area contributed by atoms with Crippen LogP contribution in [0.15, 0.2) is 53.9 Å². The molecule has 0 bridgehead atoms. The molecule has 0 saturated heterocycles. The molecule has 0 fully saturated rings. The van der Waals surface area contributed by atoms with Gasteiger partial charge in [-0.05, 0) is 17.7 Å². The van der Waals surface area contributed by atoms with E-state index in [1.165, 1.54) is 5.01 Å². The Bertz CT molecular complexity index is 624. The minimum atomic E-state index is -0.223. The van der Waals surface area contributed by atoms with Crippen molar-refractivity contribution in [3.05, 3.63) is 59.9 Å². The van der Waals surface area contributed by atoms with Gasteiger partial charge in [-0.15, -0.1) is 0 Å². The van der Waals surface area contributed by atoms with Gasteiger partial charge in [0.05, 0.1) is 12.8 Å². The SMILES string of the molecule is O=C1Nc2ccccc2CN1N=Cc1cccnc1. The van der Waals surface area contributed by atoms with Gasteiger partial charge in [0.1, 0.15) is 0 Å². The Morgan fingerprint density at radius 3 is 3.00 bits per heavy atom. The third kappa shape index (κ3) is 2.44. The lowest BCUT2D eigenvalue weighted by Crippen LogP contribution is -2.34. The Labute approximate surface area is 110 Å². The van der Waals surface area contributed by atoms with Crippen molar-refractivity contribution in [1.82, 2.24) is 9.99 Å². The molecule has 5 nitrogen and oxygen atoms in total. The molecule has 0 radical (unpaired) electrons. The van der Waals surface area contributed by atoms with Crippen molar-refractivity contribution in [2.75, 3.05) is 5.32 Å². The number of pyridine rings is 1. The Kier molecular flexibility index (Phi) is 2.94. The number of carbonyl (C=O) groups is 1. The molecule has 2 aromatic rings. The number of hydrogen-bond acceptors (Lipinski definition) is 3. The van der Waals surface area contributed by atoms with Crippen molar-refractivity contribution < 1.29 is 4.79 Å². The van der Waals surface area contributed by atoms with Crippen molar-refractivity contribution in [3.63, 3.8) is 0 Å². The highest BCUT2D eigenvalue weighted by Gasteiger charge is 2.21. The highest BCUT2D eigenvalue weighted by atomic mass is 16.2. The van der Waals surface area contributed by atoms with Crippen LogP contribution in [0.2, 0.25) is 0 Å². The first-order valence-corrected chi connectivity index (χ1v) is 5.93. The third-order valence-corrected chi connectivity index (χ3v) is 2.84. The third-order valence-electron chi connectivity index (χ3n) is 2.84. The smallest absolute Gasteiger partial charge is 0.306 e. The van der Waals surface area contributed by atoms with Gasteiger partial charge in [0.15, 0.2) is 0 Å². The monoisotopic (exact) mass is 252 g/mol. The first-order valence-electron chi connectivity index (χ1n) is 5.93. The molecular weight excluding hydrogens is 240 g/mol. The molecule has 0 unspecified atom stereocenters. The normalized spacial score (nSPS) is 14.3. The maximum Gasteiger partial charge on any atom is 0.342 e. The predicted octanol–water partition coefficient (Wildman–Crippen LogP) is 2.46. The second-order valence-electron chi connectivity index (χ2n) is 4.18. The number of hydrazone groups is 1. The van der Waals surface area contributed by atoms with E-state index in [1.54, 1.807) is 18.6 Å². The number of nitrogens with zero attached hydrogens (tertiary/aromatic N) is 3. The van der Waals surface area contributed by atoms with Crippen LogP contribution in [0, 0.1) is 0 Å². The second kappa shape index (κ2) is 4.89. The van der Waals surface area contributed by atoms with Crippen LogP contribution in [0.5, 0.6) is 0 Å². The molecule has 1 aromatic heterocycles. The Hall–Kier alpha value is -2.69. The van der Waals surface area contributed by atoms with Gasteiger partial charge in [0.2, 0.25) is 0 Å². The summed E-state index contributed by atoms with van der Waals surface area (Å²) in [5, 5.41) is 8.39. The largest absolute Gasteiger partial charge is 0.342 e. The summed E-state index contributed by atoms with van der Waals surface area (Å²) in [6, 6.07) is 11.2. The Balaban J connectivity index is 1.80. The zero-order valence-corrected chi connectivity index (χ0v) is 10.2. The molecule has 1 aliphatic rings. The Morgan fingerprint density at radius 1 is 1.26 bits per heavy atom. The van der Waals surface area contributed by atoms with Crippen molar-refractivity contribution in [3.8, 4) is 0 Å². The van der Waals surface area contributed by atoms with Crippen molar-refractivity contribution in [1.29, 1.82) is 0 Å². The lowest BCUT2D eigenvalue weighted by molar-refractivity contribution is 0.209. The lowest BCUT2D eigenvalue weighted by atomic mass is 10.1. The molecule has 2 heterocycles. The van der Waals surface area contributed by atoms with E-state index < -0.39 is 0 Å². The van der Waals surface area contributed by atoms with E-state index in [4.69, 9.17) is 0 Å². The molecule has 94 valence electrons. The Morgan fingerprint density at radius 2 is 2.16 bits per heavy atom. The summed E-state index contributed by atoms with van der Waals surface area (Å²) in [6.07, 6.45) is 5.01. The number of rotatable bonds is 2. The highest BCUT2D eigenvalue weighted by Crippen LogP contribution is 2.22. The zero-order valence-electron chi connectivity index (χ0n) is 10.2. The maximum atomic E-state index is 11.9. The standard InChI is InChI=1S/C14H12N4O/c19-14-17-13-6-2-1-5-12(13)10-18(14)16-9-11-4-3-7-15-8-11/h1-9H,10H2,(H,17,19). The summed E-state index contributed by atoms with van der Waals surface area (Å²) >= 11 is 0. The molecule has 19 heavy (non-hydrogen) atoms. The predicted molar refractivity (Wildman–Crippen MR) is 72.8 cm³/mol. The van der Waals surface area contributed by atoms with Gasteiger partial charge in [0, 0.05) is 23.6 Å². The molecule has 1 aromatic carbocycles. The van der Waals surface area contributed by atoms with E-state index in [-0.39, 0.29) is 6.03 Å². The van der Waals surface area contributed by atoms with Crippen LogP contribution in [-0.2, 0) is 6.54 Å². The van der Waals surface area contributed by atoms with Crippen LogP contribution < -0.4 is 5.32 Å². The molecule has 0 atom stereocenters. The molecule has 2 amide bonds. The second-order valence-corrected chi connectivity index (χ2v) is 4.18. The first-order chi connectivity index (χ1) is 9.33. The zero-order chi connectivity index (χ0) is 13.1. The summed E-state index contributed by atoms with van der Waals surface area (Å²) in [7, 11) is 0. The molecule has 0 spiro atoms. The molecule has 3 rings (SSSR count).